The highest BCUT2D eigenvalue weighted by Gasteiger charge is 2.18. The summed E-state index contributed by atoms with van der Waals surface area (Å²) in [7, 11) is 0. The fourth-order valence-electron chi connectivity index (χ4n) is 4.60. The fraction of sp³-hybridized carbons (Fsp3) is 0.400. The Bertz CT molecular complexity index is 1320. The van der Waals surface area contributed by atoms with Crippen LogP contribution >= 0.6 is 0 Å². The number of para-hydroxylation sites is 1. The number of fused-ring (bicyclic) bond motifs is 2. The number of pyridine rings is 1. The van der Waals surface area contributed by atoms with Crippen LogP contribution in [0.4, 0.5) is 5.82 Å². The van der Waals surface area contributed by atoms with E-state index in [1.807, 2.05) is 25.1 Å². The predicted octanol–water partition coefficient (Wildman–Crippen LogP) is 2.69. The van der Waals surface area contributed by atoms with Crippen molar-refractivity contribution in [1.82, 2.24) is 24.5 Å². The average Bonchev–Trinajstić information content (AvgIpc) is 3.28. The maximum Gasteiger partial charge on any atom is 0.296 e. The summed E-state index contributed by atoms with van der Waals surface area (Å²) in [6, 6.07) is 14.5. The first kappa shape index (κ1) is 21.5. The van der Waals surface area contributed by atoms with Gasteiger partial charge in [-0.05, 0) is 50.1 Å². The van der Waals surface area contributed by atoms with Gasteiger partial charge in [0, 0.05) is 43.7 Å². The van der Waals surface area contributed by atoms with E-state index in [4.69, 9.17) is 10.8 Å². The quantitative estimate of drug-likeness (QED) is 0.335. The topological polar surface area (TPSA) is 96.1 Å². The third kappa shape index (κ3) is 4.43. The molecule has 172 valence electrons. The molecule has 33 heavy (non-hydrogen) atoms. The third-order valence-electron chi connectivity index (χ3n) is 6.60. The van der Waals surface area contributed by atoms with Gasteiger partial charge in [-0.15, -0.1) is 0 Å². The van der Waals surface area contributed by atoms with E-state index in [9.17, 15) is 4.79 Å². The Balaban J connectivity index is 1.12. The van der Waals surface area contributed by atoms with Crippen molar-refractivity contribution >= 4 is 27.8 Å². The molecule has 1 aromatic carbocycles. The molecule has 1 saturated heterocycles. The first-order valence-electron chi connectivity index (χ1n) is 11.8. The third-order valence-corrected chi connectivity index (χ3v) is 6.60. The van der Waals surface area contributed by atoms with Gasteiger partial charge in [0.1, 0.15) is 17.2 Å². The van der Waals surface area contributed by atoms with Crippen LogP contribution in [-0.4, -0.2) is 57.3 Å². The van der Waals surface area contributed by atoms with Crippen LogP contribution in [0.5, 0.6) is 0 Å². The normalized spacial score (nSPS) is 15.0. The first-order chi connectivity index (χ1) is 16.1. The number of aromatic amines is 1. The van der Waals surface area contributed by atoms with Gasteiger partial charge in [0.25, 0.3) is 5.56 Å². The largest absolute Gasteiger partial charge is 0.354 e. The Morgan fingerprint density at radius 2 is 1.82 bits per heavy atom. The van der Waals surface area contributed by atoms with Gasteiger partial charge in [0.15, 0.2) is 0 Å². The summed E-state index contributed by atoms with van der Waals surface area (Å²) < 4.78 is 1.20. The van der Waals surface area contributed by atoms with Crippen LogP contribution in [0.25, 0.3) is 21.9 Å². The zero-order chi connectivity index (χ0) is 22.8. The molecule has 3 aromatic heterocycles. The second-order valence-corrected chi connectivity index (χ2v) is 8.76. The van der Waals surface area contributed by atoms with E-state index in [1.54, 1.807) is 0 Å². The lowest BCUT2D eigenvalue weighted by atomic mass is 10.2. The predicted molar refractivity (Wildman–Crippen MR) is 133 cm³/mol. The molecular formula is C25H31N7O. The average molecular weight is 446 g/mol. The number of nitrogens with two attached hydrogens (primary N) is 1. The number of benzene rings is 1. The lowest BCUT2D eigenvalue weighted by Crippen LogP contribution is -2.46. The summed E-state index contributed by atoms with van der Waals surface area (Å²) >= 11 is 0. The zero-order valence-corrected chi connectivity index (χ0v) is 19.1. The van der Waals surface area contributed by atoms with Gasteiger partial charge in [-0.1, -0.05) is 25.1 Å². The van der Waals surface area contributed by atoms with E-state index >= 15 is 0 Å². The molecule has 4 heterocycles. The van der Waals surface area contributed by atoms with Gasteiger partial charge in [0.2, 0.25) is 0 Å². The molecule has 1 aliphatic rings. The molecule has 0 saturated carbocycles. The van der Waals surface area contributed by atoms with E-state index in [1.165, 1.54) is 10.1 Å². The van der Waals surface area contributed by atoms with Crippen LogP contribution in [0.1, 0.15) is 31.3 Å². The molecule has 4 aromatic rings. The number of H-pyrrole nitrogens is 1. The summed E-state index contributed by atoms with van der Waals surface area (Å²) in [5.74, 6) is 7.75. The number of anilines is 1. The Morgan fingerprint density at radius 1 is 1.00 bits per heavy atom. The number of hydrogen-bond acceptors (Lipinski definition) is 6. The number of aryl methyl sites for hydroxylation is 2. The van der Waals surface area contributed by atoms with Gasteiger partial charge < -0.3 is 15.7 Å². The van der Waals surface area contributed by atoms with Crippen LogP contribution in [0, 0.1) is 0 Å². The van der Waals surface area contributed by atoms with E-state index in [-0.39, 0.29) is 5.56 Å². The fourth-order valence-corrected chi connectivity index (χ4v) is 4.60. The van der Waals surface area contributed by atoms with Crippen LogP contribution < -0.4 is 16.3 Å². The van der Waals surface area contributed by atoms with Gasteiger partial charge >= 0.3 is 0 Å². The van der Waals surface area contributed by atoms with E-state index < -0.39 is 0 Å². The van der Waals surface area contributed by atoms with Crippen LogP contribution in [0.2, 0.25) is 0 Å². The molecule has 0 unspecified atom stereocenters. The summed E-state index contributed by atoms with van der Waals surface area (Å²) in [5, 5.41) is 1.18. The van der Waals surface area contributed by atoms with E-state index in [0.29, 0.717) is 23.3 Å². The molecule has 1 aliphatic heterocycles. The van der Waals surface area contributed by atoms with Crippen LogP contribution in [-0.2, 0) is 12.8 Å². The molecule has 5 rings (SSSR count). The van der Waals surface area contributed by atoms with Crippen molar-refractivity contribution in [2.24, 2.45) is 0 Å². The number of rotatable bonds is 7. The molecule has 1 fully saturated rings. The second kappa shape index (κ2) is 9.23. The Kier molecular flexibility index (Phi) is 6.00. The van der Waals surface area contributed by atoms with Gasteiger partial charge in [-0.25, -0.2) is 14.6 Å². The van der Waals surface area contributed by atoms with Crippen LogP contribution in [0.3, 0.4) is 0 Å². The number of piperazine rings is 1. The van der Waals surface area contributed by atoms with Crippen molar-refractivity contribution in [1.29, 1.82) is 0 Å². The minimum absolute atomic E-state index is 0.201. The highest BCUT2D eigenvalue weighted by molar-refractivity contribution is 5.80. The van der Waals surface area contributed by atoms with Crippen LogP contribution in [0.15, 0.2) is 47.3 Å². The van der Waals surface area contributed by atoms with Crippen molar-refractivity contribution in [3.8, 4) is 0 Å². The lowest BCUT2D eigenvalue weighted by molar-refractivity contribution is 0.252. The maximum atomic E-state index is 12.5. The van der Waals surface area contributed by atoms with Crippen molar-refractivity contribution in [3.05, 3.63) is 64.3 Å². The molecule has 0 atom stereocenters. The molecule has 0 radical (unpaired) electrons. The molecule has 8 nitrogen and oxygen atoms in total. The monoisotopic (exact) mass is 445 g/mol. The van der Waals surface area contributed by atoms with E-state index in [0.717, 1.165) is 69.0 Å². The smallest absolute Gasteiger partial charge is 0.296 e. The minimum Gasteiger partial charge on any atom is -0.354 e. The second-order valence-electron chi connectivity index (χ2n) is 8.76. The number of nitrogens with zero attached hydrogens (tertiary/aromatic N) is 5. The standard InChI is InChI=1S/C25H31N7O/c1-2-19-17-21-24(27-19)25(33)32(26)23(29-21)9-5-6-12-30-13-15-31(16-14-30)22-11-10-18-7-3-4-8-20(18)28-22/h3-4,7-8,10-11,17,27H,2,5-6,9,12-16,26H2,1H3. The molecule has 0 spiro atoms. The Labute approximate surface area is 193 Å². The highest BCUT2D eigenvalue weighted by atomic mass is 16.1. The number of nitrogens with one attached hydrogen (secondary N) is 1. The van der Waals surface area contributed by atoms with E-state index in [2.05, 4.69) is 44.0 Å². The molecule has 3 N–H and O–H groups in total. The zero-order valence-electron chi connectivity index (χ0n) is 19.1. The van der Waals surface area contributed by atoms with Crippen molar-refractivity contribution in [3.63, 3.8) is 0 Å². The first-order valence-corrected chi connectivity index (χ1v) is 11.8. The molecular weight excluding hydrogens is 414 g/mol. The SMILES string of the molecule is CCc1cc2nc(CCCCN3CCN(c4ccc5ccccc5n4)CC3)n(N)c(=O)c2[nH]1. The number of nitrogen functional groups attached to an aromatic ring is 1. The molecule has 8 heteroatoms. The number of hydrogen-bond donors (Lipinski definition) is 2. The summed E-state index contributed by atoms with van der Waals surface area (Å²) in [4.78, 5) is 30.0. The van der Waals surface area contributed by atoms with Gasteiger partial charge in [-0.3, -0.25) is 9.69 Å². The summed E-state index contributed by atoms with van der Waals surface area (Å²) in [5.41, 5.74) is 3.06. The molecule has 0 amide bonds. The van der Waals surface area contributed by atoms with Crippen molar-refractivity contribution in [2.45, 2.75) is 32.6 Å². The molecule has 0 bridgehead atoms. The lowest BCUT2D eigenvalue weighted by Gasteiger charge is -2.35. The summed E-state index contributed by atoms with van der Waals surface area (Å²) in [6.45, 7) is 7.12. The number of aromatic nitrogens is 4. The van der Waals surface area contributed by atoms with Gasteiger partial charge in [0.05, 0.1) is 11.0 Å². The Morgan fingerprint density at radius 3 is 2.64 bits per heavy atom. The number of unbranched alkanes of at least 4 members (excludes halogenated alkanes) is 1. The van der Waals surface area contributed by atoms with Crippen molar-refractivity contribution in [2.75, 3.05) is 43.5 Å². The maximum absolute atomic E-state index is 12.5. The highest BCUT2D eigenvalue weighted by Crippen LogP contribution is 2.19. The molecule has 0 aliphatic carbocycles. The minimum atomic E-state index is -0.201. The van der Waals surface area contributed by atoms with Gasteiger partial charge in [-0.2, -0.15) is 0 Å². The van der Waals surface area contributed by atoms with Crippen molar-refractivity contribution < 1.29 is 0 Å². The Hall–Kier alpha value is -3.39. The summed E-state index contributed by atoms with van der Waals surface area (Å²) in [6.07, 6.45) is 3.54.